The second-order valence-corrected chi connectivity index (χ2v) is 3.20. The third-order valence-electron chi connectivity index (χ3n) is 1.43. The van der Waals surface area contributed by atoms with Crippen molar-refractivity contribution in [1.29, 1.82) is 0 Å². The number of H-pyrrole nitrogens is 1. The Hall–Kier alpha value is -1.10. The van der Waals surface area contributed by atoms with Crippen LogP contribution in [0.5, 0.6) is 0 Å². The van der Waals surface area contributed by atoms with E-state index in [-0.39, 0.29) is 5.56 Å². The number of aromatic nitrogens is 2. The topological polar surface area (TPSA) is 45.8 Å². The van der Waals surface area contributed by atoms with Gasteiger partial charge in [-0.05, 0) is 11.4 Å². The zero-order chi connectivity index (χ0) is 7.84. The van der Waals surface area contributed by atoms with E-state index >= 15 is 0 Å². The third kappa shape index (κ3) is 0.972. The molecule has 0 atom stereocenters. The average molecular weight is 164 g/mol. The largest absolute Gasteiger partial charge is 0.318 e. The maximum Gasteiger partial charge on any atom is 0.268 e. The SMILES string of the molecule is Bc1nc2ccsc2c(=O)[nH]1. The fourth-order valence-electron chi connectivity index (χ4n) is 0.990. The molecular weight excluding hydrogens is 159 g/mol. The lowest BCUT2D eigenvalue weighted by molar-refractivity contribution is 1.25. The lowest BCUT2D eigenvalue weighted by atomic mass is 10.1. The van der Waals surface area contributed by atoms with Gasteiger partial charge < -0.3 is 4.98 Å². The van der Waals surface area contributed by atoms with E-state index in [0.717, 1.165) is 5.52 Å². The highest BCUT2D eigenvalue weighted by molar-refractivity contribution is 7.17. The highest BCUT2D eigenvalue weighted by Crippen LogP contribution is 2.11. The van der Waals surface area contributed by atoms with Crippen molar-refractivity contribution < 1.29 is 0 Å². The molecule has 2 heterocycles. The van der Waals surface area contributed by atoms with Crippen LogP contribution in [0.2, 0.25) is 0 Å². The Morgan fingerprint density at radius 1 is 1.64 bits per heavy atom. The highest BCUT2D eigenvalue weighted by Gasteiger charge is 2.00. The van der Waals surface area contributed by atoms with Crippen molar-refractivity contribution in [2.75, 3.05) is 0 Å². The lowest BCUT2D eigenvalue weighted by Gasteiger charge is -1.90. The number of rotatable bonds is 0. The van der Waals surface area contributed by atoms with Crippen molar-refractivity contribution >= 4 is 35.1 Å². The number of nitrogens with one attached hydrogen (secondary N) is 1. The van der Waals surface area contributed by atoms with Crippen LogP contribution in [0.25, 0.3) is 10.2 Å². The molecular formula is C6H5BN2OS. The third-order valence-corrected chi connectivity index (χ3v) is 2.34. The summed E-state index contributed by atoms with van der Waals surface area (Å²) in [5.41, 5.74) is 1.42. The minimum atomic E-state index is -0.0394. The van der Waals surface area contributed by atoms with Crippen LogP contribution in [-0.2, 0) is 0 Å². The molecule has 0 saturated heterocycles. The van der Waals surface area contributed by atoms with Gasteiger partial charge >= 0.3 is 0 Å². The number of thiophene rings is 1. The molecule has 2 aromatic rings. The Bertz CT molecular complexity index is 447. The summed E-state index contributed by atoms with van der Waals surface area (Å²) in [5, 5.41) is 1.87. The Kier molecular flexibility index (Phi) is 1.32. The molecule has 2 aromatic heterocycles. The summed E-state index contributed by atoms with van der Waals surface area (Å²) < 4.78 is 0.704. The van der Waals surface area contributed by atoms with Gasteiger partial charge in [0.2, 0.25) is 0 Å². The molecule has 0 amide bonds. The molecule has 3 nitrogen and oxygen atoms in total. The van der Waals surface area contributed by atoms with Crippen molar-refractivity contribution in [3.8, 4) is 0 Å². The zero-order valence-electron chi connectivity index (χ0n) is 5.92. The van der Waals surface area contributed by atoms with Gasteiger partial charge in [-0.1, -0.05) is 0 Å². The molecule has 0 aliphatic carbocycles. The molecule has 0 bridgehead atoms. The fourth-order valence-corrected chi connectivity index (χ4v) is 1.72. The van der Waals surface area contributed by atoms with Gasteiger partial charge in [0.1, 0.15) is 4.70 Å². The number of hydrogen-bond donors (Lipinski definition) is 1. The Labute approximate surface area is 67.5 Å². The number of nitrogens with zero attached hydrogens (tertiary/aromatic N) is 1. The Balaban J connectivity index is 3.02. The van der Waals surface area contributed by atoms with E-state index < -0.39 is 0 Å². The quantitative estimate of drug-likeness (QED) is 0.520. The first kappa shape index (κ1) is 6.60. The molecule has 0 fully saturated rings. The summed E-state index contributed by atoms with van der Waals surface area (Å²) in [4.78, 5) is 18.0. The van der Waals surface area contributed by atoms with E-state index in [9.17, 15) is 4.79 Å². The molecule has 0 saturated carbocycles. The molecule has 11 heavy (non-hydrogen) atoms. The van der Waals surface area contributed by atoms with E-state index in [1.165, 1.54) is 11.3 Å². The van der Waals surface area contributed by atoms with Gasteiger partial charge in [0.15, 0.2) is 7.85 Å². The maximum absolute atomic E-state index is 11.2. The van der Waals surface area contributed by atoms with Crippen LogP contribution < -0.4 is 11.3 Å². The summed E-state index contributed by atoms with van der Waals surface area (Å²) in [6.07, 6.45) is 0. The number of fused-ring (bicyclic) bond motifs is 1. The van der Waals surface area contributed by atoms with Gasteiger partial charge in [-0.2, -0.15) is 0 Å². The Morgan fingerprint density at radius 2 is 2.45 bits per heavy atom. The number of aromatic amines is 1. The molecule has 0 unspecified atom stereocenters. The summed E-state index contributed by atoms with van der Waals surface area (Å²) in [5.74, 6) is 0. The lowest BCUT2D eigenvalue weighted by Crippen LogP contribution is -2.22. The van der Waals surface area contributed by atoms with Crippen LogP contribution in [-0.4, -0.2) is 17.8 Å². The summed E-state index contributed by atoms with van der Waals surface area (Å²) in [6, 6.07) is 1.85. The summed E-state index contributed by atoms with van der Waals surface area (Å²) in [7, 11) is 1.78. The molecule has 0 spiro atoms. The second-order valence-electron chi connectivity index (χ2n) is 2.29. The molecule has 54 valence electrons. The van der Waals surface area contributed by atoms with Gasteiger partial charge in [0, 0.05) is 0 Å². The van der Waals surface area contributed by atoms with Crippen LogP contribution in [0.4, 0.5) is 0 Å². The van der Waals surface area contributed by atoms with Crippen molar-refractivity contribution in [1.82, 2.24) is 9.97 Å². The predicted octanol–water partition coefficient (Wildman–Crippen LogP) is -0.757. The minimum Gasteiger partial charge on any atom is -0.318 e. The normalized spacial score (nSPS) is 10.5. The van der Waals surface area contributed by atoms with E-state index in [2.05, 4.69) is 9.97 Å². The van der Waals surface area contributed by atoms with Crippen LogP contribution in [0.3, 0.4) is 0 Å². The van der Waals surface area contributed by atoms with Gasteiger partial charge in [-0.15, -0.1) is 11.3 Å². The number of hydrogen-bond acceptors (Lipinski definition) is 3. The second kappa shape index (κ2) is 2.20. The monoisotopic (exact) mass is 164 g/mol. The first-order chi connectivity index (χ1) is 5.27. The van der Waals surface area contributed by atoms with E-state index in [0.29, 0.717) is 10.4 Å². The standard InChI is InChI=1S/C6H5BN2OS/c7-6-8-3-1-2-11-4(3)5(10)9-6/h1-2H,7H2,(H,8,9,10). The highest BCUT2D eigenvalue weighted by atomic mass is 32.1. The molecule has 2 rings (SSSR count). The molecule has 0 aliphatic rings. The average Bonchev–Trinajstić information content (AvgIpc) is 2.34. The van der Waals surface area contributed by atoms with Crippen molar-refractivity contribution in [3.05, 3.63) is 21.8 Å². The first-order valence-corrected chi connectivity index (χ1v) is 4.09. The molecule has 0 aromatic carbocycles. The van der Waals surface area contributed by atoms with Crippen molar-refractivity contribution in [3.63, 3.8) is 0 Å². The van der Waals surface area contributed by atoms with Crippen LogP contribution in [0.15, 0.2) is 16.2 Å². The maximum atomic E-state index is 11.2. The summed E-state index contributed by atoms with van der Waals surface area (Å²) in [6.45, 7) is 0. The molecule has 0 radical (unpaired) electrons. The van der Waals surface area contributed by atoms with E-state index in [1.807, 2.05) is 11.4 Å². The Morgan fingerprint density at radius 3 is 3.27 bits per heavy atom. The van der Waals surface area contributed by atoms with Gasteiger partial charge in [0.05, 0.1) is 11.2 Å². The van der Waals surface area contributed by atoms with Crippen LogP contribution >= 0.6 is 11.3 Å². The van der Waals surface area contributed by atoms with E-state index in [4.69, 9.17) is 0 Å². The fraction of sp³-hybridized carbons (Fsp3) is 0. The molecule has 1 N–H and O–H groups in total. The van der Waals surface area contributed by atoms with Crippen LogP contribution in [0, 0.1) is 0 Å². The predicted molar refractivity (Wildman–Crippen MR) is 48.4 cm³/mol. The summed E-state index contributed by atoms with van der Waals surface area (Å²) >= 11 is 1.42. The van der Waals surface area contributed by atoms with Gasteiger partial charge in [0.25, 0.3) is 5.56 Å². The smallest absolute Gasteiger partial charge is 0.268 e. The molecule has 5 heteroatoms. The minimum absolute atomic E-state index is 0.0394. The van der Waals surface area contributed by atoms with Crippen molar-refractivity contribution in [2.24, 2.45) is 0 Å². The van der Waals surface area contributed by atoms with Gasteiger partial charge in [-0.25, -0.2) is 4.98 Å². The van der Waals surface area contributed by atoms with Crippen LogP contribution in [0.1, 0.15) is 0 Å². The van der Waals surface area contributed by atoms with Crippen molar-refractivity contribution in [2.45, 2.75) is 0 Å². The molecule has 0 aliphatic heterocycles. The first-order valence-electron chi connectivity index (χ1n) is 3.21. The zero-order valence-corrected chi connectivity index (χ0v) is 6.73. The van der Waals surface area contributed by atoms with Gasteiger partial charge in [-0.3, -0.25) is 4.79 Å². The van der Waals surface area contributed by atoms with E-state index in [1.54, 1.807) is 7.85 Å².